The Bertz CT molecular complexity index is 839. The highest BCUT2D eigenvalue weighted by Crippen LogP contribution is 2.41. The van der Waals surface area contributed by atoms with Crippen LogP contribution in [0.3, 0.4) is 0 Å². The third-order valence-electron chi connectivity index (χ3n) is 4.97. The van der Waals surface area contributed by atoms with Gasteiger partial charge in [0.15, 0.2) is 0 Å². The number of anilines is 1. The quantitative estimate of drug-likeness (QED) is 0.798. The van der Waals surface area contributed by atoms with Crippen molar-refractivity contribution < 1.29 is 14.3 Å². The molecule has 0 unspecified atom stereocenters. The summed E-state index contributed by atoms with van der Waals surface area (Å²) in [6, 6.07) is 13.9. The molecule has 4 rings (SSSR count). The molecule has 2 aromatic carbocycles. The molecule has 2 aromatic rings. The summed E-state index contributed by atoms with van der Waals surface area (Å²) in [7, 11) is 0. The topological polar surface area (TPSA) is 46.6 Å². The average molecular weight is 335 g/mol. The van der Waals surface area contributed by atoms with Gasteiger partial charge in [-0.2, -0.15) is 0 Å². The molecule has 1 heterocycles. The van der Waals surface area contributed by atoms with Crippen LogP contribution in [0.1, 0.15) is 52.7 Å². The number of para-hydroxylation sites is 1. The Labute approximate surface area is 147 Å². The van der Waals surface area contributed by atoms with Crippen LogP contribution >= 0.6 is 0 Å². The zero-order chi connectivity index (χ0) is 17.4. The lowest BCUT2D eigenvalue weighted by molar-refractivity contribution is -0.142. The van der Waals surface area contributed by atoms with E-state index in [9.17, 15) is 9.59 Å². The van der Waals surface area contributed by atoms with E-state index in [2.05, 4.69) is 12.1 Å². The molecule has 0 radical (unpaired) electrons. The fraction of sp³-hybridized carbons (Fsp3) is 0.333. The Hall–Kier alpha value is -2.62. The summed E-state index contributed by atoms with van der Waals surface area (Å²) < 4.78 is 5.14. The van der Waals surface area contributed by atoms with Crippen molar-refractivity contribution in [3.8, 4) is 0 Å². The van der Waals surface area contributed by atoms with Gasteiger partial charge in [-0.1, -0.05) is 30.3 Å². The first-order valence-corrected chi connectivity index (χ1v) is 8.79. The van der Waals surface area contributed by atoms with Crippen LogP contribution < -0.4 is 4.90 Å². The van der Waals surface area contributed by atoms with Crippen molar-refractivity contribution in [3.63, 3.8) is 0 Å². The van der Waals surface area contributed by atoms with E-state index in [1.54, 1.807) is 4.90 Å². The molecule has 1 aliphatic heterocycles. The van der Waals surface area contributed by atoms with E-state index in [4.69, 9.17) is 4.74 Å². The lowest BCUT2D eigenvalue weighted by atomic mass is 9.94. The molecule has 1 aliphatic carbocycles. The first kappa shape index (κ1) is 15.9. The predicted molar refractivity (Wildman–Crippen MR) is 95.7 cm³/mol. The molecule has 1 saturated carbocycles. The maximum absolute atomic E-state index is 13.0. The maximum atomic E-state index is 13.0. The standard InChI is InChI=1S/C21H21NO3/c1-14(23)25-13-18-4-2-3-5-20(18)22-11-10-17-12-16(15-6-7-15)8-9-19(17)21(22)24/h2-5,8-9,12,15H,6-7,10-11,13H2,1H3. The van der Waals surface area contributed by atoms with Crippen LogP contribution in [0.2, 0.25) is 0 Å². The lowest BCUT2D eigenvalue weighted by Crippen LogP contribution is -2.38. The zero-order valence-corrected chi connectivity index (χ0v) is 14.3. The second kappa shape index (κ2) is 6.36. The summed E-state index contributed by atoms with van der Waals surface area (Å²) in [5.74, 6) is 0.402. The summed E-state index contributed by atoms with van der Waals surface area (Å²) in [4.78, 5) is 25.9. The number of esters is 1. The number of ether oxygens (including phenoxy) is 1. The zero-order valence-electron chi connectivity index (χ0n) is 14.3. The van der Waals surface area contributed by atoms with E-state index in [1.807, 2.05) is 30.3 Å². The molecule has 1 fully saturated rings. The van der Waals surface area contributed by atoms with Crippen molar-refractivity contribution in [2.24, 2.45) is 0 Å². The van der Waals surface area contributed by atoms with Gasteiger partial charge >= 0.3 is 5.97 Å². The van der Waals surface area contributed by atoms with E-state index in [-0.39, 0.29) is 18.5 Å². The molecule has 4 heteroatoms. The smallest absolute Gasteiger partial charge is 0.302 e. The first-order chi connectivity index (χ1) is 12.1. The molecule has 0 aromatic heterocycles. The minimum atomic E-state index is -0.322. The third kappa shape index (κ3) is 3.16. The second-order valence-corrected chi connectivity index (χ2v) is 6.81. The predicted octanol–water partition coefficient (Wildman–Crippen LogP) is 3.83. The van der Waals surface area contributed by atoms with Crippen molar-refractivity contribution in [3.05, 3.63) is 64.7 Å². The van der Waals surface area contributed by atoms with Gasteiger partial charge in [0.05, 0.1) is 5.69 Å². The SMILES string of the molecule is CC(=O)OCc1ccccc1N1CCc2cc(C3CC3)ccc2C1=O. The molecule has 0 saturated heterocycles. The number of rotatable bonds is 4. The van der Waals surface area contributed by atoms with Gasteiger partial charge in [0.1, 0.15) is 6.61 Å². The molecule has 0 N–H and O–H groups in total. The Morgan fingerprint density at radius 3 is 2.76 bits per heavy atom. The number of carbonyl (C=O) groups is 2. The van der Waals surface area contributed by atoms with Crippen LogP contribution in [0, 0.1) is 0 Å². The Morgan fingerprint density at radius 1 is 1.20 bits per heavy atom. The largest absolute Gasteiger partial charge is 0.461 e. The second-order valence-electron chi connectivity index (χ2n) is 6.81. The average Bonchev–Trinajstić information content (AvgIpc) is 3.45. The summed E-state index contributed by atoms with van der Waals surface area (Å²) >= 11 is 0. The van der Waals surface area contributed by atoms with Gasteiger partial charge in [-0.25, -0.2) is 0 Å². The monoisotopic (exact) mass is 335 g/mol. The van der Waals surface area contributed by atoms with Crippen LogP contribution in [0.4, 0.5) is 5.69 Å². The van der Waals surface area contributed by atoms with E-state index >= 15 is 0 Å². The van der Waals surface area contributed by atoms with Crippen LogP contribution in [-0.4, -0.2) is 18.4 Å². The van der Waals surface area contributed by atoms with E-state index < -0.39 is 0 Å². The van der Waals surface area contributed by atoms with E-state index in [1.165, 1.54) is 25.3 Å². The summed E-state index contributed by atoms with van der Waals surface area (Å²) in [6.45, 7) is 2.22. The highest BCUT2D eigenvalue weighted by Gasteiger charge is 2.29. The Morgan fingerprint density at radius 2 is 2.00 bits per heavy atom. The van der Waals surface area contributed by atoms with Crippen molar-refractivity contribution in [1.82, 2.24) is 0 Å². The molecule has 0 spiro atoms. The molecule has 0 bridgehead atoms. The van der Waals surface area contributed by atoms with Crippen molar-refractivity contribution >= 4 is 17.6 Å². The number of hydrogen-bond donors (Lipinski definition) is 0. The lowest BCUT2D eigenvalue weighted by Gasteiger charge is -2.30. The van der Waals surface area contributed by atoms with Crippen LogP contribution in [0.25, 0.3) is 0 Å². The highest BCUT2D eigenvalue weighted by molar-refractivity contribution is 6.08. The summed E-state index contributed by atoms with van der Waals surface area (Å²) in [5.41, 5.74) is 4.99. The number of benzene rings is 2. The number of fused-ring (bicyclic) bond motifs is 1. The molecule has 4 nitrogen and oxygen atoms in total. The molecule has 128 valence electrons. The first-order valence-electron chi connectivity index (χ1n) is 8.79. The van der Waals surface area contributed by atoms with Gasteiger partial charge < -0.3 is 9.64 Å². The summed E-state index contributed by atoms with van der Waals surface area (Å²) in [5, 5.41) is 0. The molecular weight excluding hydrogens is 314 g/mol. The summed E-state index contributed by atoms with van der Waals surface area (Å²) in [6.07, 6.45) is 3.38. The minimum absolute atomic E-state index is 0.0267. The fourth-order valence-electron chi connectivity index (χ4n) is 3.48. The van der Waals surface area contributed by atoms with Gasteiger partial charge in [-0.3, -0.25) is 9.59 Å². The van der Waals surface area contributed by atoms with Gasteiger partial charge in [0.2, 0.25) is 0 Å². The van der Waals surface area contributed by atoms with Crippen LogP contribution in [-0.2, 0) is 22.6 Å². The normalized spacial score (nSPS) is 16.5. The highest BCUT2D eigenvalue weighted by atomic mass is 16.5. The van der Waals surface area contributed by atoms with Gasteiger partial charge in [0.25, 0.3) is 5.91 Å². The molecular formula is C21H21NO3. The molecule has 25 heavy (non-hydrogen) atoms. The van der Waals surface area contributed by atoms with Gasteiger partial charge in [-0.15, -0.1) is 0 Å². The fourth-order valence-corrected chi connectivity index (χ4v) is 3.48. The van der Waals surface area contributed by atoms with Crippen LogP contribution in [0.15, 0.2) is 42.5 Å². The van der Waals surface area contributed by atoms with E-state index in [0.29, 0.717) is 12.5 Å². The third-order valence-corrected chi connectivity index (χ3v) is 4.97. The molecule has 2 aliphatic rings. The molecule has 1 amide bonds. The Kier molecular flexibility index (Phi) is 4.04. The number of carbonyl (C=O) groups excluding carboxylic acids is 2. The van der Waals surface area contributed by atoms with Crippen molar-refractivity contribution in [1.29, 1.82) is 0 Å². The molecule has 0 atom stereocenters. The Balaban J connectivity index is 1.62. The number of nitrogens with zero attached hydrogens (tertiary/aromatic N) is 1. The minimum Gasteiger partial charge on any atom is -0.461 e. The van der Waals surface area contributed by atoms with E-state index in [0.717, 1.165) is 28.8 Å². The van der Waals surface area contributed by atoms with Crippen molar-refractivity contribution in [2.45, 2.75) is 38.7 Å². The number of amides is 1. The van der Waals surface area contributed by atoms with Crippen LogP contribution in [0.5, 0.6) is 0 Å². The van der Waals surface area contributed by atoms with Gasteiger partial charge in [0, 0.05) is 24.6 Å². The van der Waals surface area contributed by atoms with Crippen molar-refractivity contribution in [2.75, 3.05) is 11.4 Å². The maximum Gasteiger partial charge on any atom is 0.302 e. The number of hydrogen-bond acceptors (Lipinski definition) is 3. The van der Waals surface area contributed by atoms with Gasteiger partial charge in [-0.05, 0) is 48.4 Å².